The van der Waals surface area contributed by atoms with E-state index in [1.807, 2.05) is 0 Å². The fraction of sp³-hybridized carbons (Fsp3) is 0.625. The van der Waals surface area contributed by atoms with Gasteiger partial charge >= 0.3 is 0 Å². The van der Waals surface area contributed by atoms with Gasteiger partial charge in [-0.05, 0) is 134 Å². The van der Waals surface area contributed by atoms with Gasteiger partial charge in [-0.25, -0.2) is 0 Å². The summed E-state index contributed by atoms with van der Waals surface area (Å²) in [6.45, 7) is 15.6. The minimum Gasteiger partial charge on any atom is -0.507 e. The van der Waals surface area contributed by atoms with Gasteiger partial charge in [-0.2, -0.15) is 0 Å². The van der Waals surface area contributed by atoms with E-state index in [9.17, 15) is 10.2 Å². The van der Waals surface area contributed by atoms with Gasteiger partial charge < -0.3 is 10.2 Å². The maximum absolute atomic E-state index is 10.6. The number of aromatic hydroxyl groups is 2. The predicted octanol–water partition coefficient (Wildman–Crippen LogP) is 8.32. The van der Waals surface area contributed by atoms with Gasteiger partial charge in [0.25, 0.3) is 0 Å². The van der Waals surface area contributed by atoms with Gasteiger partial charge in [-0.3, -0.25) is 0 Å². The van der Waals surface area contributed by atoms with E-state index in [2.05, 4.69) is 72.7 Å². The van der Waals surface area contributed by atoms with Crippen molar-refractivity contribution in [3.63, 3.8) is 0 Å². The molecule has 2 aromatic rings. The van der Waals surface area contributed by atoms with Crippen molar-refractivity contribution < 1.29 is 10.2 Å². The van der Waals surface area contributed by atoms with E-state index in [0.29, 0.717) is 28.2 Å². The van der Waals surface area contributed by atoms with Crippen LogP contribution in [0.4, 0.5) is 0 Å². The van der Waals surface area contributed by atoms with Crippen molar-refractivity contribution in [1.29, 1.82) is 0 Å². The van der Waals surface area contributed by atoms with Crippen LogP contribution in [0.25, 0.3) is 0 Å². The first kappa shape index (κ1) is 23.8. The van der Waals surface area contributed by atoms with Crippen molar-refractivity contribution in [1.82, 2.24) is 0 Å². The molecule has 2 nitrogen and oxygen atoms in total. The van der Waals surface area contributed by atoms with E-state index >= 15 is 0 Å². The molecule has 4 saturated carbocycles. The molecular weight excluding hydrogens is 416 g/mol. The Morgan fingerprint density at radius 1 is 0.676 bits per heavy atom. The molecule has 0 saturated heterocycles. The molecule has 2 aromatic carbocycles. The normalized spacial score (nSPS) is 34.2. The van der Waals surface area contributed by atoms with Crippen molar-refractivity contribution in [2.24, 2.45) is 16.7 Å². The summed E-state index contributed by atoms with van der Waals surface area (Å²) < 4.78 is 0. The molecule has 2 unspecified atom stereocenters. The lowest BCUT2D eigenvalue weighted by molar-refractivity contribution is -0.162. The average Bonchev–Trinajstić information content (AvgIpc) is 2.74. The van der Waals surface area contributed by atoms with E-state index in [-0.39, 0.29) is 10.8 Å². The van der Waals surface area contributed by atoms with E-state index in [0.717, 1.165) is 22.3 Å². The summed E-state index contributed by atoms with van der Waals surface area (Å²) in [5, 5.41) is 21.2. The first-order chi connectivity index (χ1) is 15.9. The second kappa shape index (κ2) is 7.52. The van der Waals surface area contributed by atoms with Crippen LogP contribution in [0.1, 0.15) is 106 Å². The fourth-order valence-electron chi connectivity index (χ4n) is 9.47. The third-order valence-electron chi connectivity index (χ3n) is 10.4. The SMILES string of the molecule is CCCC12CC3(c4cc(C)c(O)c(C)c4)CC(c4cc(C)c(O)c(C)c4)(C1)CC(C(C)C)(C2)C3. The molecule has 0 radical (unpaired) electrons. The molecule has 0 aromatic heterocycles. The standard InChI is InChI=1S/C32H44O2/c1-8-9-29-14-30(20(2)3)17-31(15-29,25-10-21(4)27(33)22(5)11-25)19-32(16-29,18-30)26-12-23(6)28(34)24(7)13-26/h10-13,20,33-34H,8-9,14-19H2,1-7H3. The lowest BCUT2D eigenvalue weighted by Gasteiger charge is -2.72. The summed E-state index contributed by atoms with van der Waals surface area (Å²) in [6, 6.07) is 9.24. The molecule has 2 N–H and O–H groups in total. The van der Waals surface area contributed by atoms with Crippen LogP contribution >= 0.6 is 0 Å². The highest BCUT2D eigenvalue weighted by Crippen LogP contribution is 2.76. The second-order valence-electron chi connectivity index (χ2n) is 13.3. The van der Waals surface area contributed by atoms with Crippen LogP contribution in [-0.2, 0) is 10.8 Å². The molecule has 4 fully saturated rings. The Morgan fingerprint density at radius 3 is 1.44 bits per heavy atom. The summed E-state index contributed by atoms with van der Waals surface area (Å²) in [5.41, 5.74) is 7.98. The van der Waals surface area contributed by atoms with Gasteiger partial charge in [0.2, 0.25) is 0 Å². The highest BCUT2D eigenvalue weighted by atomic mass is 16.3. The van der Waals surface area contributed by atoms with Crippen LogP contribution in [0.2, 0.25) is 0 Å². The fourth-order valence-corrected chi connectivity index (χ4v) is 9.47. The zero-order valence-corrected chi connectivity index (χ0v) is 22.4. The number of aryl methyl sites for hydroxylation is 4. The first-order valence-electron chi connectivity index (χ1n) is 13.5. The van der Waals surface area contributed by atoms with Crippen molar-refractivity contribution >= 4 is 0 Å². The molecule has 0 spiro atoms. The molecule has 0 heterocycles. The highest BCUT2D eigenvalue weighted by molar-refractivity contribution is 5.50. The van der Waals surface area contributed by atoms with Crippen LogP contribution in [0.3, 0.4) is 0 Å². The van der Waals surface area contributed by atoms with Gasteiger partial charge in [0.1, 0.15) is 11.5 Å². The predicted molar refractivity (Wildman–Crippen MR) is 141 cm³/mol. The molecule has 0 amide bonds. The van der Waals surface area contributed by atoms with Crippen LogP contribution in [0.5, 0.6) is 11.5 Å². The van der Waals surface area contributed by atoms with Crippen molar-refractivity contribution in [3.05, 3.63) is 57.6 Å². The maximum Gasteiger partial charge on any atom is 0.121 e. The molecule has 34 heavy (non-hydrogen) atoms. The van der Waals surface area contributed by atoms with E-state index in [1.54, 1.807) is 0 Å². The van der Waals surface area contributed by atoms with Gasteiger partial charge in [-0.15, -0.1) is 0 Å². The Hall–Kier alpha value is -1.96. The highest BCUT2D eigenvalue weighted by Gasteiger charge is 2.68. The zero-order chi connectivity index (χ0) is 24.7. The van der Waals surface area contributed by atoms with Crippen molar-refractivity contribution in [2.75, 3.05) is 0 Å². The van der Waals surface area contributed by atoms with Gasteiger partial charge in [0, 0.05) is 0 Å². The Balaban J connectivity index is 1.77. The monoisotopic (exact) mass is 460 g/mol. The lowest BCUT2D eigenvalue weighted by Crippen LogP contribution is -2.65. The minimum absolute atomic E-state index is 0.150. The van der Waals surface area contributed by atoms with Crippen LogP contribution in [0.15, 0.2) is 24.3 Å². The van der Waals surface area contributed by atoms with E-state index in [4.69, 9.17) is 0 Å². The first-order valence-corrected chi connectivity index (χ1v) is 13.5. The van der Waals surface area contributed by atoms with Crippen molar-refractivity contribution in [3.8, 4) is 11.5 Å². The van der Waals surface area contributed by atoms with E-state index in [1.165, 1.54) is 62.5 Å². The zero-order valence-electron chi connectivity index (χ0n) is 22.4. The van der Waals surface area contributed by atoms with E-state index < -0.39 is 0 Å². The average molecular weight is 461 g/mol. The van der Waals surface area contributed by atoms with Crippen LogP contribution < -0.4 is 0 Å². The lowest BCUT2D eigenvalue weighted by atomic mass is 9.32. The van der Waals surface area contributed by atoms with Crippen LogP contribution in [0, 0.1) is 44.4 Å². The van der Waals surface area contributed by atoms with Crippen LogP contribution in [-0.4, -0.2) is 10.2 Å². The third-order valence-corrected chi connectivity index (χ3v) is 10.4. The maximum atomic E-state index is 10.6. The number of benzene rings is 2. The molecule has 2 heteroatoms. The van der Waals surface area contributed by atoms with Gasteiger partial charge in [0.05, 0.1) is 0 Å². The Bertz CT molecular complexity index is 1020. The largest absolute Gasteiger partial charge is 0.507 e. The molecule has 4 bridgehead atoms. The molecule has 4 aliphatic rings. The topological polar surface area (TPSA) is 40.5 Å². The summed E-state index contributed by atoms with van der Waals surface area (Å²) in [6.07, 6.45) is 10.2. The quantitative estimate of drug-likeness (QED) is 0.471. The molecule has 0 aliphatic heterocycles. The van der Waals surface area contributed by atoms with Gasteiger partial charge in [0.15, 0.2) is 0 Å². The minimum atomic E-state index is 0.150. The summed E-state index contributed by atoms with van der Waals surface area (Å²) >= 11 is 0. The number of rotatable bonds is 5. The third kappa shape index (κ3) is 3.27. The van der Waals surface area contributed by atoms with Gasteiger partial charge in [-0.1, -0.05) is 51.5 Å². The Morgan fingerprint density at radius 2 is 1.09 bits per heavy atom. The number of phenols is 2. The number of hydrogen-bond acceptors (Lipinski definition) is 2. The smallest absolute Gasteiger partial charge is 0.121 e. The van der Waals surface area contributed by atoms with Crippen molar-refractivity contribution in [2.45, 2.75) is 111 Å². The number of hydrogen-bond donors (Lipinski definition) is 2. The summed E-state index contributed by atoms with van der Waals surface area (Å²) in [7, 11) is 0. The Kier molecular flexibility index (Phi) is 5.26. The number of phenolic OH excluding ortho intramolecular Hbond substituents is 2. The second-order valence-corrected chi connectivity index (χ2v) is 13.3. The molecule has 184 valence electrons. The molecule has 6 rings (SSSR count). The summed E-state index contributed by atoms with van der Waals surface area (Å²) in [4.78, 5) is 0. The Labute approximate surface area is 206 Å². The molecule has 2 atom stereocenters. The molecule has 4 aliphatic carbocycles. The summed E-state index contributed by atoms with van der Waals surface area (Å²) in [5.74, 6) is 1.55. The molecular formula is C32H44O2.